The number of nitrogens with two attached hydrogens (primary N) is 1. The molecule has 3 aromatic rings. The highest BCUT2D eigenvalue weighted by Crippen LogP contribution is 2.21. The summed E-state index contributed by atoms with van der Waals surface area (Å²) >= 11 is 0. The van der Waals surface area contributed by atoms with Crippen molar-refractivity contribution in [3.05, 3.63) is 48.2 Å². The molecule has 0 bridgehead atoms. The van der Waals surface area contributed by atoms with Crippen molar-refractivity contribution in [1.82, 2.24) is 15.1 Å². The quantitative estimate of drug-likeness (QED) is 0.735. The van der Waals surface area contributed by atoms with Gasteiger partial charge in [0.1, 0.15) is 0 Å². The summed E-state index contributed by atoms with van der Waals surface area (Å²) in [4.78, 5) is 7.38. The van der Waals surface area contributed by atoms with Crippen LogP contribution in [0.5, 0.6) is 0 Å². The van der Waals surface area contributed by atoms with E-state index < -0.39 is 0 Å². The molecule has 0 atom stereocenters. The SMILES string of the molecule is NCc1cccc(-c2nc(-c3ccc[nH]3)no2)c1. The van der Waals surface area contributed by atoms with Gasteiger partial charge in [-0.25, -0.2) is 0 Å². The predicted molar refractivity (Wildman–Crippen MR) is 67.4 cm³/mol. The minimum atomic E-state index is 0.492. The van der Waals surface area contributed by atoms with Crippen LogP contribution in [0.2, 0.25) is 0 Å². The number of H-pyrrole nitrogens is 1. The van der Waals surface area contributed by atoms with Gasteiger partial charge in [-0.3, -0.25) is 0 Å². The third kappa shape index (κ3) is 1.91. The zero-order valence-corrected chi connectivity index (χ0v) is 9.63. The van der Waals surface area contributed by atoms with E-state index in [-0.39, 0.29) is 0 Å². The van der Waals surface area contributed by atoms with Gasteiger partial charge in [0.05, 0.1) is 5.69 Å². The van der Waals surface area contributed by atoms with E-state index in [1.165, 1.54) is 0 Å². The number of hydrogen-bond acceptors (Lipinski definition) is 4. The van der Waals surface area contributed by atoms with Gasteiger partial charge in [0, 0.05) is 18.3 Å². The maximum atomic E-state index is 5.61. The molecule has 0 aliphatic carbocycles. The van der Waals surface area contributed by atoms with Gasteiger partial charge in [-0.15, -0.1) is 0 Å². The first-order chi connectivity index (χ1) is 8.86. The zero-order valence-electron chi connectivity index (χ0n) is 9.63. The van der Waals surface area contributed by atoms with Gasteiger partial charge in [-0.05, 0) is 29.8 Å². The molecule has 5 heteroatoms. The summed E-state index contributed by atoms with van der Waals surface area (Å²) in [5.41, 5.74) is 8.35. The lowest BCUT2D eigenvalue weighted by Crippen LogP contribution is -1.95. The lowest BCUT2D eigenvalue weighted by molar-refractivity contribution is 0.432. The van der Waals surface area contributed by atoms with E-state index in [1.54, 1.807) is 0 Å². The molecule has 0 amide bonds. The molecule has 0 aliphatic rings. The Balaban J connectivity index is 1.97. The Bertz CT molecular complexity index is 643. The minimum absolute atomic E-state index is 0.492. The van der Waals surface area contributed by atoms with Crippen molar-refractivity contribution in [2.45, 2.75) is 6.54 Å². The highest BCUT2D eigenvalue weighted by atomic mass is 16.5. The maximum absolute atomic E-state index is 5.61. The molecular weight excluding hydrogens is 228 g/mol. The number of aromatic nitrogens is 3. The van der Waals surface area contributed by atoms with Crippen molar-refractivity contribution in [3.63, 3.8) is 0 Å². The number of nitrogens with zero attached hydrogens (tertiary/aromatic N) is 2. The maximum Gasteiger partial charge on any atom is 0.258 e. The fourth-order valence-corrected chi connectivity index (χ4v) is 1.75. The second-order valence-electron chi connectivity index (χ2n) is 3.91. The highest BCUT2D eigenvalue weighted by Gasteiger charge is 2.10. The first-order valence-corrected chi connectivity index (χ1v) is 5.63. The average molecular weight is 240 g/mol. The van der Waals surface area contributed by atoms with Crippen molar-refractivity contribution >= 4 is 0 Å². The second kappa shape index (κ2) is 4.46. The van der Waals surface area contributed by atoms with Crippen LogP contribution in [0.1, 0.15) is 5.56 Å². The summed E-state index contributed by atoms with van der Waals surface area (Å²) in [5.74, 6) is 1.04. The van der Waals surface area contributed by atoms with Gasteiger partial charge >= 0.3 is 0 Å². The Morgan fingerprint density at radius 3 is 2.94 bits per heavy atom. The molecular formula is C13H12N4O. The van der Waals surface area contributed by atoms with Crippen molar-refractivity contribution < 1.29 is 4.52 Å². The van der Waals surface area contributed by atoms with Gasteiger partial charge in [0.15, 0.2) is 0 Å². The lowest BCUT2D eigenvalue weighted by atomic mass is 10.1. The highest BCUT2D eigenvalue weighted by molar-refractivity contribution is 5.58. The Kier molecular flexibility index (Phi) is 2.66. The molecule has 0 aliphatic heterocycles. The molecule has 0 spiro atoms. The van der Waals surface area contributed by atoms with Crippen molar-refractivity contribution in [1.29, 1.82) is 0 Å². The van der Waals surface area contributed by atoms with Gasteiger partial charge < -0.3 is 15.2 Å². The molecule has 3 rings (SSSR count). The minimum Gasteiger partial charge on any atom is -0.359 e. The van der Waals surface area contributed by atoms with E-state index in [2.05, 4.69) is 15.1 Å². The Morgan fingerprint density at radius 2 is 2.17 bits per heavy atom. The second-order valence-corrected chi connectivity index (χ2v) is 3.91. The van der Waals surface area contributed by atoms with Crippen LogP contribution in [0, 0.1) is 0 Å². The van der Waals surface area contributed by atoms with E-state index >= 15 is 0 Å². The van der Waals surface area contributed by atoms with Crippen LogP contribution in [0.3, 0.4) is 0 Å². The van der Waals surface area contributed by atoms with Crippen molar-refractivity contribution in [3.8, 4) is 23.0 Å². The lowest BCUT2D eigenvalue weighted by Gasteiger charge is -1.97. The predicted octanol–water partition coefficient (Wildman–Crippen LogP) is 2.19. The van der Waals surface area contributed by atoms with Crippen molar-refractivity contribution in [2.24, 2.45) is 5.73 Å². The third-order valence-corrected chi connectivity index (χ3v) is 2.67. The van der Waals surface area contributed by atoms with Gasteiger partial charge in [0.25, 0.3) is 5.89 Å². The molecule has 0 unspecified atom stereocenters. The summed E-state index contributed by atoms with van der Waals surface area (Å²) in [5, 5.41) is 3.94. The van der Waals surface area contributed by atoms with Crippen LogP contribution < -0.4 is 5.73 Å². The van der Waals surface area contributed by atoms with E-state index in [9.17, 15) is 0 Å². The molecule has 90 valence electrons. The summed E-state index contributed by atoms with van der Waals surface area (Å²) < 4.78 is 5.25. The Labute approximate surface area is 104 Å². The normalized spacial score (nSPS) is 10.7. The first-order valence-electron chi connectivity index (χ1n) is 5.63. The van der Waals surface area contributed by atoms with E-state index in [4.69, 9.17) is 10.3 Å². The Hall–Kier alpha value is -2.40. The number of benzene rings is 1. The molecule has 5 nitrogen and oxygen atoms in total. The largest absolute Gasteiger partial charge is 0.359 e. The van der Waals surface area contributed by atoms with Crippen LogP contribution in [-0.4, -0.2) is 15.1 Å². The molecule has 0 saturated heterocycles. The fourth-order valence-electron chi connectivity index (χ4n) is 1.75. The molecule has 0 fully saturated rings. The van der Waals surface area contributed by atoms with Gasteiger partial charge in [-0.2, -0.15) is 4.98 Å². The monoisotopic (exact) mass is 240 g/mol. The van der Waals surface area contributed by atoms with Crippen LogP contribution in [0.15, 0.2) is 47.1 Å². The van der Waals surface area contributed by atoms with Crippen LogP contribution in [0.4, 0.5) is 0 Å². The standard InChI is InChI=1S/C13H12N4O/c14-8-9-3-1-4-10(7-9)13-16-12(17-18-13)11-5-2-6-15-11/h1-7,15H,8,14H2. The summed E-state index contributed by atoms with van der Waals surface area (Å²) in [6, 6.07) is 11.5. The summed E-state index contributed by atoms with van der Waals surface area (Å²) in [6.45, 7) is 0.492. The molecule has 18 heavy (non-hydrogen) atoms. The van der Waals surface area contributed by atoms with Crippen LogP contribution >= 0.6 is 0 Å². The average Bonchev–Trinajstić information content (AvgIpc) is 3.09. The number of nitrogens with one attached hydrogen (secondary N) is 1. The number of rotatable bonds is 3. The molecule has 2 heterocycles. The fraction of sp³-hybridized carbons (Fsp3) is 0.0769. The number of aromatic amines is 1. The van der Waals surface area contributed by atoms with Crippen LogP contribution in [0.25, 0.3) is 23.0 Å². The zero-order chi connectivity index (χ0) is 12.4. The van der Waals surface area contributed by atoms with Gasteiger partial charge in [-0.1, -0.05) is 17.3 Å². The van der Waals surface area contributed by atoms with Gasteiger partial charge in [0.2, 0.25) is 5.82 Å². The first kappa shape index (κ1) is 10.7. The van der Waals surface area contributed by atoms with Crippen LogP contribution in [-0.2, 0) is 6.54 Å². The molecule has 1 aromatic carbocycles. The Morgan fingerprint density at radius 1 is 1.22 bits per heavy atom. The summed E-state index contributed by atoms with van der Waals surface area (Å²) in [6.07, 6.45) is 1.82. The smallest absolute Gasteiger partial charge is 0.258 e. The van der Waals surface area contributed by atoms with Crippen molar-refractivity contribution in [2.75, 3.05) is 0 Å². The van der Waals surface area contributed by atoms with E-state index in [0.717, 1.165) is 16.8 Å². The molecule has 3 N–H and O–H groups in total. The topological polar surface area (TPSA) is 80.7 Å². The summed E-state index contributed by atoms with van der Waals surface area (Å²) in [7, 11) is 0. The molecule has 0 saturated carbocycles. The van der Waals surface area contributed by atoms with E-state index in [0.29, 0.717) is 18.3 Å². The molecule has 2 aromatic heterocycles. The number of hydrogen-bond donors (Lipinski definition) is 2. The third-order valence-electron chi connectivity index (χ3n) is 2.67. The van der Waals surface area contributed by atoms with E-state index in [1.807, 2.05) is 42.6 Å². The molecule has 0 radical (unpaired) electrons.